The maximum atomic E-state index is 14.1. The molecule has 31 heavy (non-hydrogen) atoms. The summed E-state index contributed by atoms with van der Waals surface area (Å²) in [4.78, 5) is 33.7. The topological polar surface area (TPSA) is 65.5 Å². The normalized spacial score (nSPS) is 21.8. The summed E-state index contributed by atoms with van der Waals surface area (Å²) in [6, 6.07) is 3.90. The van der Waals surface area contributed by atoms with E-state index in [2.05, 4.69) is 22.4 Å². The van der Waals surface area contributed by atoms with E-state index >= 15 is 0 Å². The van der Waals surface area contributed by atoms with Crippen LogP contribution >= 0.6 is 11.8 Å². The monoisotopic (exact) mass is 442 g/mol. The summed E-state index contributed by atoms with van der Waals surface area (Å²) in [6.45, 7) is 0.248. The van der Waals surface area contributed by atoms with E-state index in [-0.39, 0.29) is 42.2 Å². The number of nitrogens with zero attached hydrogens (tertiary/aromatic N) is 3. The van der Waals surface area contributed by atoms with Crippen LogP contribution < -0.4 is 5.32 Å². The van der Waals surface area contributed by atoms with Crippen LogP contribution in [0.3, 0.4) is 0 Å². The molecule has 6 nitrogen and oxygen atoms in total. The van der Waals surface area contributed by atoms with Gasteiger partial charge in [0.05, 0.1) is 18.3 Å². The number of hydrogen-bond donors (Lipinski definition) is 1. The minimum absolute atomic E-state index is 0.0280. The zero-order chi connectivity index (χ0) is 21.7. The van der Waals surface area contributed by atoms with E-state index < -0.39 is 17.7 Å². The third-order valence-electron chi connectivity index (χ3n) is 6.16. The Kier molecular flexibility index (Phi) is 4.92. The molecule has 0 saturated carbocycles. The Labute approximate surface area is 182 Å². The highest BCUT2D eigenvalue weighted by atomic mass is 32.2. The molecule has 1 N–H and O–H groups in total. The Bertz CT molecular complexity index is 1120. The number of thioether (sulfide) groups is 1. The number of likely N-dealkylation sites (tertiary alicyclic amines) is 1. The molecule has 2 bridgehead atoms. The number of anilines is 1. The third kappa shape index (κ3) is 3.46. The van der Waals surface area contributed by atoms with Crippen molar-refractivity contribution in [2.45, 2.75) is 23.9 Å². The molecule has 3 amide bonds. The number of benzene rings is 1. The minimum Gasteiger partial charge on any atom is -0.334 e. The number of carbonyl (C=O) groups is 2. The van der Waals surface area contributed by atoms with E-state index in [1.807, 2.05) is 18.6 Å². The molecule has 3 aliphatic rings. The largest absolute Gasteiger partial charge is 0.334 e. The van der Waals surface area contributed by atoms with Crippen LogP contribution in [0.2, 0.25) is 0 Å². The Morgan fingerprint density at radius 1 is 1.32 bits per heavy atom. The summed E-state index contributed by atoms with van der Waals surface area (Å²) in [7, 11) is 0. The first-order valence-electron chi connectivity index (χ1n) is 9.98. The van der Waals surface area contributed by atoms with E-state index in [1.54, 1.807) is 16.7 Å². The highest BCUT2D eigenvalue weighted by Gasteiger charge is 2.42. The lowest BCUT2D eigenvalue weighted by atomic mass is 9.96. The van der Waals surface area contributed by atoms with Crippen molar-refractivity contribution < 1.29 is 18.4 Å². The minimum atomic E-state index is -0.996. The van der Waals surface area contributed by atoms with Gasteiger partial charge < -0.3 is 15.1 Å². The van der Waals surface area contributed by atoms with Crippen LogP contribution in [-0.4, -0.2) is 52.1 Å². The number of hydrogen-bond acceptors (Lipinski definition) is 4. The van der Waals surface area contributed by atoms with Crippen LogP contribution in [0.4, 0.5) is 19.3 Å². The van der Waals surface area contributed by atoms with Gasteiger partial charge in [0.25, 0.3) is 0 Å². The number of carbonyl (C=O) groups excluding carboxylic acids is 2. The predicted molar refractivity (Wildman–Crippen MR) is 113 cm³/mol. The van der Waals surface area contributed by atoms with Crippen molar-refractivity contribution in [1.29, 1.82) is 0 Å². The van der Waals surface area contributed by atoms with E-state index in [9.17, 15) is 18.4 Å². The second kappa shape index (κ2) is 7.64. The molecule has 0 radical (unpaired) electrons. The molecule has 2 aliphatic heterocycles. The number of fused-ring (bicyclic) bond motifs is 3. The average Bonchev–Trinajstić information content (AvgIpc) is 3.39. The Hall–Kier alpha value is -2.94. The van der Waals surface area contributed by atoms with Crippen LogP contribution in [-0.2, 0) is 11.3 Å². The molecule has 160 valence electrons. The maximum absolute atomic E-state index is 14.1. The van der Waals surface area contributed by atoms with Crippen molar-refractivity contribution in [3.8, 4) is 0 Å². The van der Waals surface area contributed by atoms with Crippen molar-refractivity contribution in [3.63, 3.8) is 0 Å². The number of nitrogens with one attached hydrogen (secondary N) is 1. The Morgan fingerprint density at radius 3 is 2.90 bits per heavy atom. The van der Waals surface area contributed by atoms with Crippen LogP contribution in [0.15, 0.2) is 41.6 Å². The zero-order valence-corrected chi connectivity index (χ0v) is 17.6. The molecule has 1 aliphatic carbocycles. The van der Waals surface area contributed by atoms with Crippen molar-refractivity contribution in [2.75, 3.05) is 24.7 Å². The number of aromatic nitrogens is 1. The standard InChI is InChI=1S/C22H20F2N4O2S/c1-31-15-5-12(7-25-8-15)16-6-14-4-13(16)9-28(14)20(29)11-27-10-17-19(26-22(27)30)3-2-18(23)21(17)24/h2-3,5-8,13-14H,4,9-11H2,1H3,(H,26,30). The summed E-state index contributed by atoms with van der Waals surface area (Å²) < 4.78 is 27.7. The van der Waals surface area contributed by atoms with Gasteiger partial charge in [0.15, 0.2) is 11.6 Å². The van der Waals surface area contributed by atoms with Gasteiger partial charge in [0, 0.05) is 35.3 Å². The quantitative estimate of drug-likeness (QED) is 0.733. The van der Waals surface area contributed by atoms with Crippen LogP contribution in [0, 0.1) is 17.6 Å². The lowest BCUT2D eigenvalue weighted by Gasteiger charge is -2.32. The molecule has 2 unspecified atom stereocenters. The summed E-state index contributed by atoms with van der Waals surface area (Å²) in [5.41, 5.74) is 2.58. The smallest absolute Gasteiger partial charge is 0.322 e. The molecular formula is C22H20F2N4O2S. The van der Waals surface area contributed by atoms with Crippen LogP contribution in [0.5, 0.6) is 0 Å². The molecule has 2 aromatic rings. The molecule has 5 rings (SSSR count). The van der Waals surface area contributed by atoms with Gasteiger partial charge in [0.1, 0.15) is 6.54 Å². The van der Waals surface area contributed by atoms with E-state index in [0.29, 0.717) is 6.54 Å². The SMILES string of the molecule is CSc1cncc(C2=CC3CC2CN3C(=O)CN2Cc3c(ccc(F)c3F)NC2=O)c1. The second-order valence-electron chi connectivity index (χ2n) is 7.96. The fourth-order valence-electron chi connectivity index (χ4n) is 4.60. The molecular weight excluding hydrogens is 422 g/mol. The Balaban J connectivity index is 1.30. The van der Waals surface area contributed by atoms with Gasteiger partial charge in [-0.15, -0.1) is 11.8 Å². The van der Waals surface area contributed by atoms with Gasteiger partial charge in [0.2, 0.25) is 5.91 Å². The molecule has 1 fully saturated rings. The van der Waals surface area contributed by atoms with E-state index in [4.69, 9.17) is 0 Å². The summed E-state index contributed by atoms with van der Waals surface area (Å²) in [6.07, 6.45) is 8.63. The number of rotatable bonds is 4. The molecule has 0 spiro atoms. The molecule has 2 atom stereocenters. The van der Waals surface area contributed by atoms with Crippen molar-refractivity contribution in [1.82, 2.24) is 14.8 Å². The van der Waals surface area contributed by atoms with Crippen molar-refractivity contribution in [3.05, 3.63) is 59.4 Å². The molecule has 1 aromatic heterocycles. The number of pyridine rings is 1. The summed E-state index contributed by atoms with van der Waals surface area (Å²) in [5, 5.41) is 2.54. The van der Waals surface area contributed by atoms with Gasteiger partial charge in [-0.05, 0) is 42.0 Å². The van der Waals surface area contributed by atoms with Gasteiger partial charge in [-0.25, -0.2) is 13.6 Å². The fraction of sp³-hybridized carbons (Fsp3) is 0.318. The first-order chi connectivity index (χ1) is 14.9. The predicted octanol–water partition coefficient (Wildman–Crippen LogP) is 3.74. The van der Waals surface area contributed by atoms with Gasteiger partial charge in [-0.2, -0.15) is 0 Å². The second-order valence-corrected chi connectivity index (χ2v) is 8.83. The third-order valence-corrected chi connectivity index (χ3v) is 6.85. The first kappa shape index (κ1) is 20.0. The Morgan fingerprint density at radius 2 is 2.16 bits per heavy atom. The van der Waals surface area contributed by atoms with E-state index in [1.165, 1.54) is 16.5 Å². The summed E-state index contributed by atoms with van der Waals surface area (Å²) >= 11 is 1.64. The molecule has 9 heteroatoms. The van der Waals surface area contributed by atoms with Gasteiger partial charge >= 0.3 is 6.03 Å². The maximum Gasteiger partial charge on any atom is 0.322 e. The highest BCUT2D eigenvalue weighted by molar-refractivity contribution is 7.98. The van der Waals surface area contributed by atoms with Crippen LogP contribution in [0.25, 0.3) is 5.57 Å². The number of urea groups is 1. The summed E-state index contributed by atoms with van der Waals surface area (Å²) in [5.74, 6) is -1.94. The molecule has 1 saturated heterocycles. The number of halogens is 2. The van der Waals surface area contributed by atoms with Crippen LogP contribution in [0.1, 0.15) is 17.5 Å². The zero-order valence-electron chi connectivity index (χ0n) is 16.8. The lowest BCUT2D eigenvalue weighted by molar-refractivity contribution is -0.132. The van der Waals surface area contributed by atoms with Crippen molar-refractivity contribution in [2.24, 2.45) is 5.92 Å². The van der Waals surface area contributed by atoms with Crippen molar-refractivity contribution >= 4 is 35.0 Å². The van der Waals surface area contributed by atoms with E-state index in [0.717, 1.165) is 22.9 Å². The highest BCUT2D eigenvalue weighted by Crippen LogP contribution is 2.42. The van der Waals surface area contributed by atoms with Gasteiger partial charge in [-0.1, -0.05) is 6.08 Å². The molecule has 1 aromatic carbocycles. The number of amides is 3. The van der Waals surface area contributed by atoms with Gasteiger partial charge in [-0.3, -0.25) is 9.78 Å². The first-order valence-corrected chi connectivity index (χ1v) is 11.2. The fourth-order valence-corrected chi connectivity index (χ4v) is 5.01. The average molecular weight is 442 g/mol. The lowest BCUT2D eigenvalue weighted by Crippen LogP contribution is -2.47. The molecule has 3 heterocycles.